The monoisotopic (exact) mass is 294 g/mol. The molecule has 5 nitrogen and oxygen atoms in total. The van der Waals surface area contributed by atoms with Crippen LogP contribution in [0.1, 0.15) is 64.2 Å². The number of nitrogens with zero attached hydrogens (tertiary/aromatic N) is 1. The molecule has 2 amide bonds. The normalized spacial score (nSPS) is 33.5. The number of carboxylic acids is 1. The van der Waals surface area contributed by atoms with Gasteiger partial charge in [0.25, 0.3) is 0 Å². The fraction of sp³-hybridized carbons (Fsp3) is 0.875. The third-order valence-electron chi connectivity index (χ3n) is 5.52. The van der Waals surface area contributed by atoms with Crippen molar-refractivity contribution in [2.24, 2.45) is 5.92 Å². The molecule has 0 aromatic rings. The van der Waals surface area contributed by atoms with Gasteiger partial charge in [-0.2, -0.15) is 0 Å². The van der Waals surface area contributed by atoms with Gasteiger partial charge < -0.3 is 15.3 Å². The van der Waals surface area contributed by atoms with Crippen molar-refractivity contribution in [3.05, 3.63) is 0 Å². The van der Waals surface area contributed by atoms with Gasteiger partial charge in [0, 0.05) is 18.1 Å². The summed E-state index contributed by atoms with van der Waals surface area (Å²) in [5, 5.41) is 12.4. The van der Waals surface area contributed by atoms with E-state index >= 15 is 0 Å². The quantitative estimate of drug-likeness (QED) is 0.822. The summed E-state index contributed by atoms with van der Waals surface area (Å²) >= 11 is 0. The number of carboxylic acid groups (broad SMARTS) is 1. The highest BCUT2D eigenvalue weighted by Gasteiger charge is 2.51. The van der Waals surface area contributed by atoms with E-state index in [2.05, 4.69) is 5.32 Å². The lowest BCUT2D eigenvalue weighted by Gasteiger charge is -2.28. The van der Waals surface area contributed by atoms with Gasteiger partial charge in [0.15, 0.2) is 0 Å². The molecule has 3 unspecified atom stereocenters. The maximum absolute atomic E-state index is 12.6. The first-order valence-electron chi connectivity index (χ1n) is 8.48. The van der Waals surface area contributed by atoms with Crippen molar-refractivity contribution < 1.29 is 14.7 Å². The lowest BCUT2D eigenvalue weighted by molar-refractivity contribution is -0.142. The summed E-state index contributed by atoms with van der Waals surface area (Å²) < 4.78 is 0. The molecule has 118 valence electrons. The number of rotatable bonds is 2. The first-order valence-corrected chi connectivity index (χ1v) is 8.48. The zero-order valence-corrected chi connectivity index (χ0v) is 12.6. The standard InChI is InChI=1S/C16H26N2O3/c19-15(20)13-10-12-8-9-14(13)18(12)16(21)17-11-6-4-2-1-3-5-7-11/h11-14H,1-10H2,(H,17,21)(H,19,20). The van der Waals surface area contributed by atoms with E-state index in [9.17, 15) is 14.7 Å². The Bertz CT molecular complexity index is 404. The van der Waals surface area contributed by atoms with Crippen LogP contribution >= 0.6 is 0 Å². The highest BCUT2D eigenvalue weighted by atomic mass is 16.4. The van der Waals surface area contributed by atoms with Crippen LogP contribution in [0, 0.1) is 5.92 Å². The Balaban J connectivity index is 1.59. The molecular weight excluding hydrogens is 268 g/mol. The van der Waals surface area contributed by atoms with E-state index in [-0.39, 0.29) is 30.1 Å². The van der Waals surface area contributed by atoms with Crippen molar-refractivity contribution in [3.8, 4) is 0 Å². The lowest BCUT2D eigenvalue weighted by atomic mass is 9.89. The Morgan fingerprint density at radius 1 is 0.952 bits per heavy atom. The number of hydrogen-bond donors (Lipinski definition) is 2. The molecule has 2 aliphatic heterocycles. The fourth-order valence-corrected chi connectivity index (χ4v) is 4.42. The summed E-state index contributed by atoms with van der Waals surface area (Å²) in [6.45, 7) is 0. The number of nitrogens with one attached hydrogen (secondary N) is 1. The van der Waals surface area contributed by atoms with Crippen molar-refractivity contribution in [3.63, 3.8) is 0 Å². The molecule has 0 spiro atoms. The maximum Gasteiger partial charge on any atom is 0.318 e. The molecule has 5 heteroatoms. The van der Waals surface area contributed by atoms with E-state index in [1.54, 1.807) is 0 Å². The summed E-state index contributed by atoms with van der Waals surface area (Å²) in [4.78, 5) is 25.7. The summed E-state index contributed by atoms with van der Waals surface area (Å²) in [5.41, 5.74) is 0. The minimum absolute atomic E-state index is 0.0168. The average Bonchev–Trinajstić information content (AvgIpc) is 2.99. The maximum atomic E-state index is 12.6. The number of carbonyl (C=O) groups excluding carboxylic acids is 1. The van der Waals surface area contributed by atoms with Crippen molar-refractivity contribution in [1.82, 2.24) is 10.2 Å². The number of aliphatic carboxylic acids is 1. The SMILES string of the molecule is O=C(O)C1CC2CCC1N2C(=O)NC1CCCCCCC1. The number of hydrogen-bond acceptors (Lipinski definition) is 2. The predicted molar refractivity (Wildman–Crippen MR) is 79.0 cm³/mol. The molecule has 2 heterocycles. The molecule has 0 radical (unpaired) electrons. The second-order valence-electron chi connectivity index (χ2n) is 6.88. The molecule has 0 aromatic carbocycles. The average molecular weight is 294 g/mol. The first-order chi connectivity index (χ1) is 10.2. The van der Waals surface area contributed by atoms with Crippen LogP contribution in [0.5, 0.6) is 0 Å². The van der Waals surface area contributed by atoms with Gasteiger partial charge in [0.2, 0.25) is 0 Å². The molecule has 21 heavy (non-hydrogen) atoms. The number of urea groups is 1. The Kier molecular flexibility index (Phi) is 4.36. The zero-order valence-electron chi connectivity index (χ0n) is 12.6. The van der Waals surface area contributed by atoms with Crippen LogP contribution in [-0.4, -0.2) is 40.1 Å². The second kappa shape index (κ2) is 6.24. The minimum atomic E-state index is -0.744. The highest BCUT2D eigenvalue weighted by molar-refractivity contribution is 5.79. The molecule has 1 aliphatic carbocycles. The van der Waals surface area contributed by atoms with E-state index in [1.165, 1.54) is 32.1 Å². The molecule has 1 saturated carbocycles. The molecule has 3 fully saturated rings. The van der Waals surface area contributed by atoms with Gasteiger partial charge in [-0.3, -0.25) is 4.79 Å². The van der Waals surface area contributed by atoms with Crippen LogP contribution in [0.2, 0.25) is 0 Å². The van der Waals surface area contributed by atoms with Gasteiger partial charge in [0.1, 0.15) is 0 Å². The van der Waals surface area contributed by atoms with Crippen LogP contribution < -0.4 is 5.32 Å². The van der Waals surface area contributed by atoms with Crippen molar-refractivity contribution in [2.75, 3.05) is 0 Å². The molecule has 2 saturated heterocycles. The molecular formula is C16H26N2O3. The minimum Gasteiger partial charge on any atom is -0.481 e. The second-order valence-corrected chi connectivity index (χ2v) is 6.88. The Hall–Kier alpha value is -1.26. The Morgan fingerprint density at radius 3 is 2.24 bits per heavy atom. The van der Waals surface area contributed by atoms with Gasteiger partial charge in [-0.1, -0.05) is 32.1 Å². The lowest BCUT2D eigenvalue weighted by Crippen LogP contribution is -2.48. The number of amides is 2. The van der Waals surface area contributed by atoms with Gasteiger partial charge >= 0.3 is 12.0 Å². The van der Waals surface area contributed by atoms with Crippen molar-refractivity contribution in [2.45, 2.75) is 82.3 Å². The molecule has 3 rings (SSSR count). The summed E-state index contributed by atoms with van der Waals surface area (Å²) in [5.74, 6) is -1.10. The predicted octanol–water partition coefficient (Wildman–Crippen LogP) is 2.75. The fourth-order valence-electron chi connectivity index (χ4n) is 4.42. The summed E-state index contributed by atoms with van der Waals surface area (Å²) in [7, 11) is 0. The van der Waals surface area contributed by atoms with Crippen LogP contribution in [0.4, 0.5) is 4.79 Å². The molecule has 0 aromatic heterocycles. The number of fused-ring (bicyclic) bond motifs is 2. The van der Waals surface area contributed by atoms with E-state index in [4.69, 9.17) is 0 Å². The Labute approximate surface area is 126 Å². The smallest absolute Gasteiger partial charge is 0.318 e. The molecule has 2 N–H and O–H groups in total. The van der Waals surface area contributed by atoms with E-state index in [0.717, 1.165) is 25.7 Å². The van der Waals surface area contributed by atoms with E-state index in [0.29, 0.717) is 6.42 Å². The highest BCUT2D eigenvalue weighted by Crippen LogP contribution is 2.41. The molecule has 2 bridgehead atoms. The topological polar surface area (TPSA) is 69.6 Å². The largest absolute Gasteiger partial charge is 0.481 e. The third kappa shape index (κ3) is 3.01. The first kappa shape index (κ1) is 14.7. The zero-order chi connectivity index (χ0) is 14.8. The summed E-state index contributed by atoms with van der Waals surface area (Å²) in [6.07, 6.45) is 10.8. The van der Waals surface area contributed by atoms with Crippen LogP contribution in [0.3, 0.4) is 0 Å². The summed E-state index contributed by atoms with van der Waals surface area (Å²) in [6, 6.07) is 0.323. The van der Waals surface area contributed by atoms with E-state index < -0.39 is 5.97 Å². The van der Waals surface area contributed by atoms with Gasteiger partial charge in [-0.25, -0.2) is 4.79 Å². The van der Waals surface area contributed by atoms with Gasteiger partial charge in [0.05, 0.1) is 5.92 Å². The Morgan fingerprint density at radius 2 is 1.62 bits per heavy atom. The molecule has 3 atom stereocenters. The van der Waals surface area contributed by atoms with Gasteiger partial charge in [-0.15, -0.1) is 0 Å². The van der Waals surface area contributed by atoms with Crippen molar-refractivity contribution in [1.29, 1.82) is 0 Å². The van der Waals surface area contributed by atoms with Crippen molar-refractivity contribution >= 4 is 12.0 Å². The number of carbonyl (C=O) groups is 2. The molecule has 3 aliphatic rings. The van der Waals surface area contributed by atoms with Crippen LogP contribution in [0.15, 0.2) is 0 Å². The third-order valence-corrected chi connectivity index (χ3v) is 5.52. The van der Waals surface area contributed by atoms with Gasteiger partial charge in [-0.05, 0) is 32.1 Å². The van der Waals surface area contributed by atoms with E-state index in [1.807, 2.05) is 4.90 Å². The van der Waals surface area contributed by atoms with Crippen LogP contribution in [-0.2, 0) is 4.79 Å². The van der Waals surface area contributed by atoms with Crippen LogP contribution in [0.25, 0.3) is 0 Å².